The van der Waals surface area contributed by atoms with Crippen molar-refractivity contribution in [1.82, 2.24) is 10.4 Å². The van der Waals surface area contributed by atoms with Crippen LogP contribution in [0.1, 0.15) is 32.0 Å². The fraction of sp³-hybridized carbons (Fsp3) is 0.125. The summed E-state index contributed by atoms with van der Waals surface area (Å²) in [6, 6.07) is 9.68. The molecule has 2 rings (SSSR count). The third-order valence-electron chi connectivity index (χ3n) is 2.96. The molecular weight excluding hydrogens is 298 g/mol. The Labute approximate surface area is 132 Å². The van der Waals surface area contributed by atoms with Crippen LogP contribution in [0.15, 0.2) is 47.7 Å². The normalized spacial score (nSPS) is 10.5. The Balaban J connectivity index is 1.95. The first kappa shape index (κ1) is 16.3. The number of nitrogens with one attached hydrogen (secondary N) is 1. The number of nitrogens with zero attached hydrogens (tertiary/aromatic N) is 2. The van der Waals surface area contributed by atoms with E-state index in [1.165, 1.54) is 19.5 Å². The highest BCUT2D eigenvalue weighted by molar-refractivity contribution is 5.94. The molecule has 118 valence electrons. The Morgan fingerprint density at radius 1 is 1.22 bits per heavy atom. The molecule has 0 bridgehead atoms. The maximum Gasteiger partial charge on any atom is 0.337 e. The van der Waals surface area contributed by atoms with Gasteiger partial charge in [-0.1, -0.05) is 12.1 Å². The van der Waals surface area contributed by atoms with E-state index in [4.69, 9.17) is 5.11 Å². The quantitative estimate of drug-likeness (QED) is 0.489. The minimum atomic E-state index is -0.416. The molecule has 1 amide bonds. The predicted molar refractivity (Wildman–Crippen MR) is 83.0 cm³/mol. The van der Waals surface area contributed by atoms with Crippen molar-refractivity contribution in [2.24, 2.45) is 5.10 Å². The van der Waals surface area contributed by atoms with Crippen LogP contribution in [-0.2, 0) is 11.3 Å². The number of methoxy groups -OCH3 is 1. The van der Waals surface area contributed by atoms with Gasteiger partial charge in [0.1, 0.15) is 0 Å². The van der Waals surface area contributed by atoms with Gasteiger partial charge in [-0.2, -0.15) is 5.10 Å². The molecule has 2 N–H and O–H groups in total. The van der Waals surface area contributed by atoms with Gasteiger partial charge >= 0.3 is 5.97 Å². The molecule has 0 radical (unpaired) electrons. The number of aliphatic hydroxyl groups is 1. The van der Waals surface area contributed by atoms with E-state index in [0.29, 0.717) is 22.4 Å². The van der Waals surface area contributed by atoms with E-state index in [9.17, 15) is 9.59 Å². The average molecular weight is 313 g/mol. The molecule has 0 aliphatic heterocycles. The first-order chi connectivity index (χ1) is 11.1. The van der Waals surface area contributed by atoms with Gasteiger partial charge in [0, 0.05) is 6.20 Å². The predicted octanol–water partition coefficient (Wildman–Crippen LogP) is 1.12. The van der Waals surface area contributed by atoms with Crippen molar-refractivity contribution in [3.05, 3.63) is 65.0 Å². The molecule has 0 atom stereocenters. The fourth-order valence-electron chi connectivity index (χ4n) is 1.71. The number of aromatic nitrogens is 1. The lowest BCUT2D eigenvalue weighted by Crippen LogP contribution is -2.17. The SMILES string of the molecule is COC(=O)c1ccc(C=NNC(=O)c2ccc(CO)nc2)cc1. The molecule has 0 spiro atoms. The van der Waals surface area contributed by atoms with Crippen molar-refractivity contribution in [1.29, 1.82) is 0 Å². The van der Waals surface area contributed by atoms with Crippen LogP contribution in [0, 0.1) is 0 Å². The van der Waals surface area contributed by atoms with E-state index < -0.39 is 11.9 Å². The molecule has 0 saturated heterocycles. The number of amides is 1. The summed E-state index contributed by atoms with van der Waals surface area (Å²) >= 11 is 0. The first-order valence-corrected chi connectivity index (χ1v) is 6.71. The lowest BCUT2D eigenvalue weighted by molar-refractivity contribution is 0.0600. The highest BCUT2D eigenvalue weighted by Gasteiger charge is 2.05. The number of esters is 1. The second-order valence-electron chi connectivity index (χ2n) is 4.51. The number of benzene rings is 1. The van der Waals surface area contributed by atoms with Gasteiger partial charge in [0.2, 0.25) is 0 Å². The number of pyridine rings is 1. The Morgan fingerprint density at radius 2 is 1.91 bits per heavy atom. The number of ether oxygens (including phenoxy) is 1. The number of rotatable bonds is 5. The number of hydrazone groups is 1. The summed E-state index contributed by atoms with van der Waals surface area (Å²) in [5, 5.41) is 12.7. The number of aliphatic hydroxyl groups excluding tert-OH is 1. The first-order valence-electron chi connectivity index (χ1n) is 6.71. The van der Waals surface area contributed by atoms with Gasteiger partial charge in [-0.25, -0.2) is 10.2 Å². The molecule has 0 unspecified atom stereocenters. The Morgan fingerprint density at radius 3 is 2.48 bits per heavy atom. The van der Waals surface area contributed by atoms with Gasteiger partial charge in [-0.3, -0.25) is 9.78 Å². The van der Waals surface area contributed by atoms with E-state index in [0.717, 1.165) is 0 Å². The number of carbonyl (C=O) groups is 2. The van der Waals surface area contributed by atoms with E-state index in [-0.39, 0.29) is 6.61 Å². The molecule has 0 saturated carbocycles. The molecule has 7 heteroatoms. The monoisotopic (exact) mass is 313 g/mol. The summed E-state index contributed by atoms with van der Waals surface area (Å²) in [6.45, 7) is -0.179. The van der Waals surface area contributed by atoms with Crippen LogP contribution in [0.25, 0.3) is 0 Å². The minimum Gasteiger partial charge on any atom is -0.465 e. The maximum absolute atomic E-state index is 11.8. The molecule has 1 heterocycles. The number of hydrogen-bond acceptors (Lipinski definition) is 6. The van der Waals surface area contributed by atoms with Gasteiger partial charge in [0.15, 0.2) is 0 Å². The third-order valence-corrected chi connectivity index (χ3v) is 2.96. The van der Waals surface area contributed by atoms with E-state index >= 15 is 0 Å². The lowest BCUT2D eigenvalue weighted by Gasteiger charge is -2.01. The van der Waals surface area contributed by atoms with Gasteiger partial charge < -0.3 is 9.84 Å². The maximum atomic E-state index is 11.8. The standard InChI is InChI=1S/C16H15N3O4/c1-23-16(22)12-4-2-11(3-5-12)8-18-19-15(21)13-6-7-14(10-20)17-9-13/h2-9,20H,10H2,1H3,(H,19,21). The average Bonchev–Trinajstić information content (AvgIpc) is 2.61. The molecule has 23 heavy (non-hydrogen) atoms. The van der Waals surface area contributed by atoms with Crippen molar-refractivity contribution < 1.29 is 19.4 Å². The summed E-state index contributed by atoms with van der Waals surface area (Å²) in [5.41, 5.74) is 4.33. The zero-order chi connectivity index (χ0) is 16.7. The molecule has 0 aliphatic rings. The third kappa shape index (κ3) is 4.45. The Kier molecular flexibility index (Phi) is 5.54. The van der Waals surface area contributed by atoms with Crippen molar-refractivity contribution in [2.75, 3.05) is 7.11 Å². The number of carbonyl (C=O) groups excluding carboxylic acids is 2. The second kappa shape index (κ2) is 7.81. The van der Waals surface area contributed by atoms with Crippen molar-refractivity contribution in [2.45, 2.75) is 6.61 Å². The van der Waals surface area contributed by atoms with E-state index in [1.807, 2.05) is 0 Å². The van der Waals surface area contributed by atoms with Crippen molar-refractivity contribution >= 4 is 18.1 Å². The summed E-state index contributed by atoms with van der Waals surface area (Å²) < 4.78 is 4.60. The van der Waals surface area contributed by atoms with Crippen LogP contribution in [-0.4, -0.2) is 35.3 Å². The van der Waals surface area contributed by atoms with Crippen LogP contribution >= 0.6 is 0 Å². The Bertz CT molecular complexity index is 709. The fourth-order valence-corrected chi connectivity index (χ4v) is 1.71. The largest absolute Gasteiger partial charge is 0.465 e. The van der Waals surface area contributed by atoms with Gasteiger partial charge in [-0.05, 0) is 29.8 Å². The van der Waals surface area contributed by atoms with Gasteiger partial charge in [-0.15, -0.1) is 0 Å². The highest BCUT2D eigenvalue weighted by atomic mass is 16.5. The van der Waals surface area contributed by atoms with E-state index in [2.05, 4.69) is 20.2 Å². The number of hydrogen-bond donors (Lipinski definition) is 2. The molecule has 1 aromatic heterocycles. The zero-order valence-electron chi connectivity index (χ0n) is 12.4. The van der Waals surface area contributed by atoms with Crippen LogP contribution in [0.5, 0.6) is 0 Å². The zero-order valence-corrected chi connectivity index (χ0v) is 12.4. The van der Waals surface area contributed by atoms with Crippen LogP contribution < -0.4 is 5.43 Å². The smallest absolute Gasteiger partial charge is 0.337 e. The second-order valence-corrected chi connectivity index (χ2v) is 4.51. The molecule has 0 fully saturated rings. The summed E-state index contributed by atoms with van der Waals surface area (Å²) in [6.07, 6.45) is 2.82. The molecule has 7 nitrogen and oxygen atoms in total. The molecular formula is C16H15N3O4. The Hall–Kier alpha value is -3.06. The lowest BCUT2D eigenvalue weighted by atomic mass is 10.1. The topological polar surface area (TPSA) is 101 Å². The van der Waals surface area contributed by atoms with Gasteiger partial charge in [0.25, 0.3) is 5.91 Å². The van der Waals surface area contributed by atoms with Crippen LogP contribution in [0.4, 0.5) is 0 Å². The summed E-state index contributed by atoms with van der Waals surface area (Å²) in [5.74, 6) is -0.829. The van der Waals surface area contributed by atoms with E-state index in [1.54, 1.807) is 36.4 Å². The molecule has 2 aromatic rings. The van der Waals surface area contributed by atoms with Crippen LogP contribution in [0.2, 0.25) is 0 Å². The summed E-state index contributed by atoms with van der Waals surface area (Å²) in [7, 11) is 1.31. The minimum absolute atomic E-state index is 0.179. The molecule has 1 aromatic carbocycles. The van der Waals surface area contributed by atoms with Crippen molar-refractivity contribution in [3.8, 4) is 0 Å². The van der Waals surface area contributed by atoms with Crippen molar-refractivity contribution in [3.63, 3.8) is 0 Å². The van der Waals surface area contributed by atoms with Crippen LogP contribution in [0.3, 0.4) is 0 Å². The summed E-state index contributed by atoms with van der Waals surface area (Å²) in [4.78, 5) is 27.0. The highest BCUT2D eigenvalue weighted by Crippen LogP contribution is 2.04. The van der Waals surface area contributed by atoms with Gasteiger partial charge in [0.05, 0.1) is 36.8 Å². The molecule has 0 aliphatic carbocycles.